The Bertz CT molecular complexity index is 1320. The minimum Gasteiger partial charge on any atom is -0.492 e. The van der Waals surface area contributed by atoms with Gasteiger partial charge in [-0.2, -0.15) is 0 Å². The van der Waals surface area contributed by atoms with Gasteiger partial charge in [0.25, 0.3) is 0 Å². The summed E-state index contributed by atoms with van der Waals surface area (Å²) in [5.41, 5.74) is 1.64. The smallest absolute Gasteiger partial charge is 0.492 e. The molecule has 0 aromatic heterocycles. The molecule has 1 N–H and O–H groups in total. The number of nitrogens with zero attached hydrogens (tertiary/aromatic N) is 1. The van der Waals surface area contributed by atoms with E-state index in [4.69, 9.17) is 37.4 Å². The SMILES string of the molecule is CCOC(Cc1ccc(OCCN(CCCc2cc(Cl)cc(Cl)c2)C(=O)Oc2ccc(OC(F)(F)F)cc2)cc1)C(=O)O. The van der Waals surface area contributed by atoms with Crippen molar-refractivity contribution in [1.82, 2.24) is 4.90 Å². The molecular weight excluding hydrogens is 614 g/mol. The molecule has 1 atom stereocenters. The van der Waals surface area contributed by atoms with Gasteiger partial charge in [0.05, 0.1) is 6.54 Å². The zero-order chi connectivity index (χ0) is 31.4. The average Bonchev–Trinajstić information content (AvgIpc) is 2.92. The number of rotatable bonds is 15. The molecule has 0 saturated carbocycles. The van der Waals surface area contributed by atoms with Crippen LogP contribution in [-0.2, 0) is 22.4 Å². The molecule has 0 bridgehead atoms. The number of halogens is 5. The maximum absolute atomic E-state index is 13.0. The van der Waals surface area contributed by atoms with Crippen LogP contribution in [0.25, 0.3) is 0 Å². The van der Waals surface area contributed by atoms with Gasteiger partial charge in [0.15, 0.2) is 6.10 Å². The third kappa shape index (κ3) is 12.2. The average molecular weight is 644 g/mol. The molecule has 0 heterocycles. The summed E-state index contributed by atoms with van der Waals surface area (Å²) >= 11 is 12.2. The van der Waals surface area contributed by atoms with Gasteiger partial charge in [0.1, 0.15) is 23.9 Å². The number of alkyl halides is 3. The summed E-state index contributed by atoms with van der Waals surface area (Å²) in [6.07, 6.45) is -5.22. The Morgan fingerprint density at radius 2 is 1.49 bits per heavy atom. The standard InChI is InChI=1S/C30H30Cl2F3NO7/c1-2-40-27(28(37)38)18-20-5-7-24(8-6-20)41-15-14-36(13-3-4-21-16-22(31)19-23(32)17-21)29(39)42-25-9-11-26(12-10-25)43-30(33,34)35/h5-12,16-17,19,27H,2-4,13-15,18H2,1H3,(H,37,38). The largest absolute Gasteiger partial charge is 0.573 e. The van der Waals surface area contributed by atoms with Gasteiger partial charge in [0, 0.05) is 29.6 Å². The van der Waals surface area contributed by atoms with Crippen molar-refractivity contribution in [2.24, 2.45) is 0 Å². The van der Waals surface area contributed by atoms with Crippen LogP contribution >= 0.6 is 23.2 Å². The number of aryl methyl sites for hydroxylation is 1. The fourth-order valence-electron chi connectivity index (χ4n) is 4.03. The lowest BCUT2D eigenvalue weighted by molar-refractivity contribution is -0.274. The van der Waals surface area contributed by atoms with Gasteiger partial charge >= 0.3 is 18.4 Å². The highest BCUT2D eigenvalue weighted by Crippen LogP contribution is 2.25. The molecule has 43 heavy (non-hydrogen) atoms. The third-order valence-corrected chi connectivity index (χ3v) is 6.39. The van der Waals surface area contributed by atoms with Crippen molar-refractivity contribution >= 4 is 35.3 Å². The normalized spacial score (nSPS) is 12.0. The van der Waals surface area contributed by atoms with Gasteiger partial charge in [-0.15, -0.1) is 13.2 Å². The van der Waals surface area contributed by atoms with E-state index in [1.54, 1.807) is 49.4 Å². The summed E-state index contributed by atoms with van der Waals surface area (Å²) in [6, 6.07) is 16.5. The molecule has 0 radical (unpaired) electrons. The van der Waals surface area contributed by atoms with Gasteiger partial charge in [-0.3, -0.25) is 0 Å². The summed E-state index contributed by atoms with van der Waals surface area (Å²) in [6.45, 7) is 2.52. The van der Waals surface area contributed by atoms with Crippen molar-refractivity contribution < 1.29 is 46.8 Å². The molecule has 0 spiro atoms. The van der Waals surface area contributed by atoms with E-state index in [1.807, 2.05) is 0 Å². The van der Waals surface area contributed by atoms with Crippen LogP contribution in [0.1, 0.15) is 24.5 Å². The predicted octanol–water partition coefficient (Wildman–Crippen LogP) is 7.44. The molecule has 3 rings (SSSR count). The number of carbonyl (C=O) groups excluding carboxylic acids is 1. The Kier molecular flexibility index (Phi) is 12.8. The molecule has 3 aromatic carbocycles. The van der Waals surface area contributed by atoms with Crippen LogP contribution in [0.4, 0.5) is 18.0 Å². The van der Waals surface area contributed by atoms with Gasteiger partial charge in [-0.25, -0.2) is 9.59 Å². The molecule has 13 heteroatoms. The Balaban J connectivity index is 1.61. The maximum atomic E-state index is 13.0. The second-order valence-corrected chi connectivity index (χ2v) is 10.1. The Hall–Kier alpha value is -3.67. The Morgan fingerprint density at radius 3 is 2.07 bits per heavy atom. The van der Waals surface area contributed by atoms with E-state index in [0.717, 1.165) is 23.3 Å². The number of aliphatic carboxylic acids is 1. The molecule has 1 unspecified atom stereocenters. The van der Waals surface area contributed by atoms with E-state index in [2.05, 4.69) is 4.74 Å². The Labute approximate surface area is 256 Å². The van der Waals surface area contributed by atoms with Gasteiger partial charge < -0.3 is 29.0 Å². The summed E-state index contributed by atoms with van der Waals surface area (Å²) < 4.78 is 57.6. The number of hydrogen-bond acceptors (Lipinski definition) is 6. The molecule has 0 aliphatic rings. The molecule has 232 valence electrons. The fraction of sp³-hybridized carbons (Fsp3) is 0.333. The fourth-order valence-corrected chi connectivity index (χ4v) is 4.60. The van der Waals surface area contributed by atoms with E-state index in [-0.39, 0.29) is 38.5 Å². The van der Waals surface area contributed by atoms with Crippen LogP contribution in [0.5, 0.6) is 17.2 Å². The second kappa shape index (κ2) is 16.3. The molecule has 0 aliphatic heterocycles. The first kappa shape index (κ1) is 33.8. The monoisotopic (exact) mass is 643 g/mol. The van der Waals surface area contributed by atoms with Crippen molar-refractivity contribution in [2.45, 2.75) is 38.7 Å². The summed E-state index contributed by atoms with van der Waals surface area (Å²) in [5.74, 6) is -0.943. The predicted molar refractivity (Wildman–Crippen MR) is 154 cm³/mol. The quantitative estimate of drug-likeness (QED) is 0.184. The topological polar surface area (TPSA) is 94.5 Å². The molecule has 1 amide bonds. The van der Waals surface area contributed by atoms with Crippen molar-refractivity contribution in [2.75, 3.05) is 26.3 Å². The number of carbonyl (C=O) groups is 2. The minimum atomic E-state index is -4.84. The number of benzene rings is 3. The third-order valence-electron chi connectivity index (χ3n) is 5.95. The van der Waals surface area contributed by atoms with Crippen molar-refractivity contribution in [1.29, 1.82) is 0 Å². The van der Waals surface area contributed by atoms with E-state index >= 15 is 0 Å². The molecule has 0 saturated heterocycles. The lowest BCUT2D eigenvalue weighted by Gasteiger charge is -2.22. The van der Waals surface area contributed by atoms with E-state index in [9.17, 15) is 27.9 Å². The highest BCUT2D eigenvalue weighted by atomic mass is 35.5. The van der Waals surface area contributed by atoms with Crippen LogP contribution in [0.2, 0.25) is 10.0 Å². The van der Waals surface area contributed by atoms with Gasteiger partial charge in [-0.1, -0.05) is 35.3 Å². The number of ether oxygens (including phenoxy) is 4. The molecule has 3 aromatic rings. The van der Waals surface area contributed by atoms with Crippen LogP contribution < -0.4 is 14.2 Å². The first-order valence-electron chi connectivity index (χ1n) is 13.3. The van der Waals surface area contributed by atoms with E-state index in [1.165, 1.54) is 17.0 Å². The number of carboxylic acids is 1. The van der Waals surface area contributed by atoms with Crippen LogP contribution in [0.15, 0.2) is 66.7 Å². The minimum absolute atomic E-state index is 0.0365. The summed E-state index contributed by atoms with van der Waals surface area (Å²) in [7, 11) is 0. The van der Waals surface area contributed by atoms with Gasteiger partial charge in [0.2, 0.25) is 0 Å². The van der Waals surface area contributed by atoms with Crippen molar-refractivity contribution in [3.05, 3.63) is 87.9 Å². The number of hydrogen-bond donors (Lipinski definition) is 1. The highest BCUT2D eigenvalue weighted by molar-refractivity contribution is 6.34. The molecule has 0 fully saturated rings. The van der Waals surface area contributed by atoms with Crippen LogP contribution in [0, 0.1) is 0 Å². The van der Waals surface area contributed by atoms with E-state index in [0.29, 0.717) is 28.6 Å². The zero-order valence-electron chi connectivity index (χ0n) is 23.1. The maximum Gasteiger partial charge on any atom is 0.573 e. The highest BCUT2D eigenvalue weighted by Gasteiger charge is 2.31. The van der Waals surface area contributed by atoms with Crippen molar-refractivity contribution in [3.63, 3.8) is 0 Å². The first-order valence-corrected chi connectivity index (χ1v) is 14.0. The Morgan fingerprint density at radius 1 is 0.884 bits per heavy atom. The molecular formula is C30H30Cl2F3NO7. The number of carboxylic acid groups (broad SMARTS) is 1. The lowest BCUT2D eigenvalue weighted by Crippen LogP contribution is -2.37. The van der Waals surface area contributed by atoms with Gasteiger partial charge in [-0.05, 0) is 85.5 Å². The van der Waals surface area contributed by atoms with Crippen molar-refractivity contribution in [3.8, 4) is 17.2 Å². The summed E-state index contributed by atoms with van der Waals surface area (Å²) in [4.78, 5) is 25.8. The van der Waals surface area contributed by atoms with Crippen LogP contribution in [-0.4, -0.2) is 60.8 Å². The zero-order valence-corrected chi connectivity index (χ0v) is 24.6. The molecule has 8 nitrogen and oxygen atoms in total. The van der Waals surface area contributed by atoms with E-state index < -0.39 is 30.3 Å². The number of amides is 1. The second-order valence-electron chi connectivity index (χ2n) is 9.23. The summed E-state index contributed by atoms with van der Waals surface area (Å²) in [5, 5.41) is 10.3. The first-order chi connectivity index (χ1) is 20.4. The lowest BCUT2D eigenvalue weighted by atomic mass is 10.1. The van der Waals surface area contributed by atoms with Crippen LogP contribution in [0.3, 0.4) is 0 Å². The molecule has 0 aliphatic carbocycles.